The number of carboxylic acids is 1. The van der Waals surface area contributed by atoms with Crippen molar-refractivity contribution in [2.45, 2.75) is 19.4 Å². The summed E-state index contributed by atoms with van der Waals surface area (Å²) in [4.78, 5) is 23.9. The number of aliphatic carboxylic acids is 1. The lowest BCUT2D eigenvalue weighted by Crippen LogP contribution is -2.44. The van der Waals surface area contributed by atoms with Crippen LogP contribution in [0.5, 0.6) is 5.75 Å². The Balaban J connectivity index is 2.57. The van der Waals surface area contributed by atoms with Crippen LogP contribution >= 0.6 is 11.6 Å². The quantitative estimate of drug-likeness (QED) is 0.868. The van der Waals surface area contributed by atoms with Gasteiger partial charge in [0.05, 0.1) is 0 Å². The smallest absolute Gasteiger partial charge is 0.326 e. The van der Waals surface area contributed by atoms with Crippen molar-refractivity contribution in [2.75, 3.05) is 13.7 Å². The summed E-state index contributed by atoms with van der Waals surface area (Å²) in [7, 11) is 1.45. The van der Waals surface area contributed by atoms with Gasteiger partial charge in [-0.3, -0.25) is 4.79 Å². The molecule has 1 N–H and O–H groups in total. The first-order valence-electron chi connectivity index (χ1n) is 5.82. The highest BCUT2D eigenvalue weighted by Crippen LogP contribution is 2.17. The van der Waals surface area contributed by atoms with E-state index in [2.05, 4.69) is 0 Å². The van der Waals surface area contributed by atoms with E-state index >= 15 is 0 Å². The van der Waals surface area contributed by atoms with Gasteiger partial charge < -0.3 is 14.7 Å². The molecular weight excluding hydrogens is 270 g/mol. The summed E-state index contributed by atoms with van der Waals surface area (Å²) in [5.74, 6) is -0.951. The summed E-state index contributed by atoms with van der Waals surface area (Å²) in [6, 6.07) is 5.82. The molecule has 0 aromatic heterocycles. The molecule has 1 unspecified atom stereocenters. The van der Waals surface area contributed by atoms with Crippen LogP contribution in [0, 0.1) is 0 Å². The Morgan fingerprint density at radius 1 is 1.47 bits per heavy atom. The minimum absolute atomic E-state index is 0.222. The second kappa shape index (κ2) is 6.99. The van der Waals surface area contributed by atoms with Crippen molar-refractivity contribution >= 4 is 23.5 Å². The van der Waals surface area contributed by atoms with E-state index in [9.17, 15) is 9.59 Å². The molecule has 104 valence electrons. The van der Waals surface area contributed by atoms with Gasteiger partial charge in [0, 0.05) is 12.1 Å². The summed E-state index contributed by atoms with van der Waals surface area (Å²) < 4.78 is 5.28. The van der Waals surface area contributed by atoms with Crippen LogP contribution in [0.25, 0.3) is 0 Å². The van der Waals surface area contributed by atoms with Crippen molar-refractivity contribution in [2.24, 2.45) is 0 Å². The molecule has 0 fully saturated rings. The Kier molecular flexibility index (Phi) is 5.63. The zero-order valence-corrected chi connectivity index (χ0v) is 11.6. The monoisotopic (exact) mass is 285 g/mol. The van der Waals surface area contributed by atoms with Crippen molar-refractivity contribution in [3.05, 3.63) is 29.3 Å². The number of halogens is 1. The summed E-state index contributed by atoms with van der Waals surface area (Å²) in [6.45, 7) is 1.49. The van der Waals surface area contributed by atoms with E-state index in [4.69, 9.17) is 21.4 Å². The van der Waals surface area contributed by atoms with E-state index in [1.54, 1.807) is 31.2 Å². The molecular formula is C13H16ClNO4. The highest BCUT2D eigenvalue weighted by Gasteiger charge is 2.24. The summed E-state index contributed by atoms with van der Waals surface area (Å²) in [5.41, 5.74) is 0. The number of carbonyl (C=O) groups excluding carboxylic acids is 1. The molecule has 0 radical (unpaired) electrons. The minimum atomic E-state index is -1.03. The van der Waals surface area contributed by atoms with Crippen LogP contribution in [-0.2, 0) is 9.59 Å². The number of hydrogen-bond donors (Lipinski definition) is 1. The summed E-state index contributed by atoms with van der Waals surface area (Å²) >= 11 is 5.78. The Hall–Kier alpha value is -1.75. The van der Waals surface area contributed by atoms with Crippen LogP contribution in [0.15, 0.2) is 24.3 Å². The minimum Gasteiger partial charge on any atom is -0.484 e. The van der Waals surface area contributed by atoms with Gasteiger partial charge in [0.25, 0.3) is 5.91 Å². The van der Waals surface area contributed by atoms with Crippen LogP contribution in [0.2, 0.25) is 5.02 Å². The van der Waals surface area contributed by atoms with Gasteiger partial charge in [-0.15, -0.1) is 0 Å². The number of rotatable bonds is 6. The standard InChI is InChI=1S/C13H16ClNO4/c1-3-11(13(17)18)15(2)12(16)8-19-10-6-4-5-9(14)7-10/h4-7,11H,3,8H2,1-2H3,(H,17,18). The van der Waals surface area contributed by atoms with Crippen LogP contribution in [-0.4, -0.2) is 41.6 Å². The van der Waals surface area contributed by atoms with Gasteiger partial charge in [-0.05, 0) is 24.6 Å². The summed E-state index contributed by atoms with van der Waals surface area (Å²) in [6.07, 6.45) is 0.342. The van der Waals surface area contributed by atoms with Crippen LogP contribution in [0.3, 0.4) is 0 Å². The molecule has 1 rings (SSSR count). The molecule has 5 nitrogen and oxygen atoms in total. The normalized spacial score (nSPS) is 11.7. The zero-order valence-electron chi connectivity index (χ0n) is 10.8. The lowest BCUT2D eigenvalue weighted by Gasteiger charge is -2.23. The second-order valence-corrected chi connectivity index (χ2v) is 4.45. The second-order valence-electron chi connectivity index (χ2n) is 4.01. The van der Waals surface area contributed by atoms with Crippen LogP contribution in [0.4, 0.5) is 0 Å². The van der Waals surface area contributed by atoms with Gasteiger partial charge in [-0.2, -0.15) is 0 Å². The lowest BCUT2D eigenvalue weighted by molar-refractivity contribution is -0.149. The number of hydrogen-bond acceptors (Lipinski definition) is 3. The molecule has 0 aliphatic rings. The molecule has 0 saturated heterocycles. The third-order valence-electron chi connectivity index (χ3n) is 2.69. The van der Waals surface area contributed by atoms with Gasteiger partial charge in [-0.1, -0.05) is 24.6 Å². The van der Waals surface area contributed by atoms with Gasteiger partial charge in [0.1, 0.15) is 11.8 Å². The summed E-state index contributed by atoms with van der Waals surface area (Å²) in [5, 5.41) is 9.47. The maximum atomic E-state index is 11.8. The number of ether oxygens (including phenoxy) is 1. The topological polar surface area (TPSA) is 66.8 Å². The van der Waals surface area contributed by atoms with Crippen LogP contribution in [0.1, 0.15) is 13.3 Å². The number of nitrogens with zero attached hydrogens (tertiary/aromatic N) is 1. The first kappa shape index (κ1) is 15.3. The highest BCUT2D eigenvalue weighted by molar-refractivity contribution is 6.30. The van der Waals surface area contributed by atoms with Crippen molar-refractivity contribution in [1.82, 2.24) is 4.90 Å². The fourth-order valence-electron chi connectivity index (χ4n) is 1.59. The Morgan fingerprint density at radius 2 is 2.16 bits per heavy atom. The average Bonchev–Trinajstić information content (AvgIpc) is 2.36. The van der Waals surface area contributed by atoms with Crippen molar-refractivity contribution in [3.8, 4) is 5.75 Å². The van der Waals surface area contributed by atoms with Gasteiger partial charge in [0.2, 0.25) is 0 Å². The predicted octanol–water partition coefficient (Wildman–Crippen LogP) is 2.04. The molecule has 0 saturated carbocycles. The third-order valence-corrected chi connectivity index (χ3v) is 2.93. The van der Waals surface area contributed by atoms with Crippen molar-refractivity contribution in [1.29, 1.82) is 0 Å². The lowest BCUT2D eigenvalue weighted by atomic mass is 10.2. The van der Waals surface area contributed by atoms with E-state index in [1.165, 1.54) is 11.9 Å². The molecule has 0 spiro atoms. The molecule has 1 atom stereocenters. The number of amides is 1. The van der Waals surface area contributed by atoms with E-state index in [1.807, 2.05) is 0 Å². The largest absolute Gasteiger partial charge is 0.484 e. The maximum absolute atomic E-state index is 11.8. The molecule has 0 heterocycles. The first-order chi connectivity index (χ1) is 8.95. The van der Waals surface area contributed by atoms with Gasteiger partial charge >= 0.3 is 5.97 Å². The molecule has 0 aliphatic carbocycles. The highest BCUT2D eigenvalue weighted by atomic mass is 35.5. The van der Waals surface area contributed by atoms with E-state index in [0.29, 0.717) is 17.2 Å². The van der Waals surface area contributed by atoms with Crippen molar-refractivity contribution in [3.63, 3.8) is 0 Å². The van der Waals surface area contributed by atoms with Crippen molar-refractivity contribution < 1.29 is 19.4 Å². The first-order valence-corrected chi connectivity index (χ1v) is 6.20. The number of carbonyl (C=O) groups is 2. The molecule has 1 aromatic rings. The number of likely N-dealkylation sites (N-methyl/N-ethyl adjacent to an activating group) is 1. The van der Waals surface area contributed by atoms with Gasteiger partial charge in [0.15, 0.2) is 6.61 Å². The molecule has 19 heavy (non-hydrogen) atoms. The molecule has 6 heteroatoms. The van der Waals surface area contributed by atoms with E-state index in [-0.39, 0.29) is 6.61 Å². The fraction of sp³-hybridized carbons (Fsp3) is 0.385. The fourth-order valence-corrected chi connectivity index (χ4v) is 1.77. The Morgan fingerprint density at radius 3 is 2.68 bits per heavy atom. The molecule has 0 aliphatic heterocycles. The van der Waals surface area contributed by atoms with Crippen LogP contribution < -0.4 is 4.74 Å². The maximum Gasteiger partial charge on any atom is 0.326 e. The zero-order chi connectivity index (χ0) is 14.4. The molecule has 0 bridgehead atoms. The number of benzene rings is 1. The average molecular weight is 286 g/mol. The van der Waals surface area contributed by atoms with Gasteiger partial charge in [-0.25, -0.2) is 4.79 Å². The predicted molar refractivity (Wildman–Crippen MR) is 71.4 cm³/mol. The Bertz CT molecular complexity index is 464. The number of carboxylic acid groups (broad SMARTS) is 1. The molecule has 1 aromatic carbocycles. The van der Waals surface area contributed by atoms with E-state index < -0.39 is 17.9 Å². The van der Waals surface area contributed by atoms with E-state index in [0.717, 1.165) is 0 Å². The third kappa shape index (κ3) is 4.44. The molecule has 1 amide bonds. The SMILES string of the molecule is CCC(C(=O)O)N(C)C(=O)COc1cccc(Cl)c1. The Labute approximate surface area is 116 Å².